The van der Waals surface area contributed by atoms with Gasteiger partial charge in [-0.05, 0) is 0 Å². The first-order chi connectivity index (χ1) is 7.67. The van der Waals surface area contributed by atoms with Crippen LogP contribution in [0.4, 0.5) is 0 Å². The fraction of sp³-hybridized carbons (Fsp3) is 0.750. The van der Waals surface area contributed by atoms with Gasteiger partial charge >= 0.3 is 11.9 Å². The molecule has 0 heterocycles. The van der Waals surface area contributed by atoms with Crippen molar-refractivity contribution >= 4 is 34.6 Å². The van der Waals surface area contributed by atoms with Gasteiger partial charge in [-0.2, -0.15) is 12.6 Å². The monoisotopic (exact) mass is 285 g/mol. The lowest BCUT2D eigenvalue weighted by Gasteiger charge is -2.16. The molecule has 0 unspecified atom stereocenters. The first-order valence-electron chi connectivity index (χ1n) is 4.66. The van der Waals surface area contributed by atoms with E-state index in [1.165, 1.54) is 6.92 Å². The maximum absolute atomic E-state index is 11.3. The highest BCUT2D eigenvalue weighted by Gasteiger charge is 2.25. The maximum atomic E-state index is 11.3. The van der Waals surface area contributed by atoms with Gasteiger partial charge in [-0.15, -0.1) is 0 Å². The molecule has 0 fully saturated rings. The quantitative estimate of drug-likeness (QED) is 0.413. The summed E-state index contributed by atoms with van der Waals surface area (Å²) in [5, 5.41) is 8.74. The molecule has 0 aliphatic carbocycles. The molecule has 2 atom stereocenters. The lowest BCUT2D eigenvalue weighted by molar-refractivity contribution is -0.165. The minimum Gasteiger partial charge on any atom is -0.478 e. The molecule has 0 aliphatic rings. The van der Waals surface area contributed by atoms with Crippen LogP contribution in [0.5, 0.6) is 0 Å². The number of aliphatic carboxylic acids is 1. The molecule has 0 amide bonds. The lowest BCUT2D eigenvalue weighted by atomic mass is 10.2. The molecule has 9 heteroatoms. The first-order valence-corrected chi connectivity index (χ1v) is 7.18. The van der Waals surface area contributed by atoms with Gasteiger partial charge in [0.25, 0.3) is 0 Å². The third kappa shape index (κ3) is 7.18. The van der Waals surface area contributed by atoms with E-state index < -0.39 is 40.5 Å². The number of esters is 1. The van der Waals surface area contributed by atoms with Gasteiger partial charge < -0.3 is 9.84 Å². The van der Waals surface area contributed by atoms with E-state index in [0.29, 0.717) is 0 Å². The van der Waals surface area contributed by atoms with E-state index in [0.717, 1.165) is 6.26 Å². The third-order valence-corrected chi connectivity index (χ3v) is 2.98. The first kappa shape index (κ1) is 16.2. The Kier molecular flexibility index (Phi) is 6.50. The molecule has 0 aliphatic heterocycles. The zero-order valence-electron chi connectivity index (χ0n) is 9.41. The second kappa shape index (κ2) is 6.82. The van der Waals surface area contributed by atoms with Crippen LogP contribution >= 0.6 is 12.6 Å². The predicted octanol–water partition coefficient (Wildman–Crippen LogP) is -0.902. The zero-order chi connectivity index (χ0) is 13.6. The van der Waals surface area contributed by atoms with Crippen LogP contribution in [0.1, 0.15) is 6.92 Å². The molecule has 0 spiro atoms. The molecule has 7 nitrogen and oxygen atoms in total. The molecule has 0 saturated heterocycles. The number of sulfonamides is 1. The van der Waals surface area contributed by atoms with Crippen LogP contribution in [0.2, 0.25) is 0 Å². The summed E-state index contributed by atoms with van der Waals surface area (Å²) in [5.74, 6) is -2.49. The van der Waals surface area contributed by atoms with Gasteiger partial charge in [-0.3, -0.25) is 4.79 Å². The summed E-state index contributed by atoms with van der Waals surface area (Å²) in [7, 11) is -3.53. The molecule has 0 saturated carbocycles. The minimum absolute atomic E-state index is 0.213. The molecule has 0 aromatic heterocycles. The summed E-state index contributed by atoms with van der Waals surface area (Å²) in [6, 6.07) is 0. The second-order valence-corrected chi connectivity index (χ2v) is 5.67. The number of carboxylic acids is 1. The summed E-state index contributed by atoms with van der Waals surface area (Å²) >= 11 is 3.87. The van der Waals surface area contributed by atoms with Crippen LogP contribution in [0.3, 0.4) is 0 Å². The molecular formula is C8H15NO6S2. The van der Waals surface area contributed by atoms with Crippen LogP contribution in [0, 0.1) is 5.92 Å². The SMILES string of the molecule is C[C@H](CS)C(=O)O[C@@H](CNS(C)(=O)=O)C(=O)O. The standard InChI is InChI=1S/C8H15NO6S2/c1-5(4-16)8(12)15-6(7(10)11)3-9-17(2,13)14/h5-6,9,16H,3-4H2,1-2H3,(H,10,11)/t5-,6+/m1/s1. The lowest BCUT2D eigenvalue weighted by Crippen LogP contribution is -2.40. The van der Waals surface area contributed by atoms with E-state index >= 15 is 0 Å². The number of ether oxygens (including phenoxy) is 1. The number of carbonyl (C=O) groups excluding carboxylic acids is 1. The molecule has 2 N–H and O–H groups in total. The predicted molar refractivity (Wildman–Crippen MR) is 63.4 cm³/mol. The second-order valence-electron chi connectivity index (χ2n) is 3.47. The maximum Gasteiger partial charge on any atom is 0.346 e. The van der Waals surface area contributed by atoms with E-state index in [1.54, 1.807) is 0 Å². The molecule has 0 bridgehead atoms. The Bertz CT molecular complexity index is 379. The molecule has 17 heavy (non-hydrogen) atoms. The minimum atomic E-state index is -3.53. The summed E-state index contributed by atoms with van der Waals surface area (Å²) in [5.41, 5.74) is 0. The molecule has 100 valence electrons. The van der Waals surface area contributed by atoms with Gasteiger partial charge in [0.1, 0.15) is 0 Å². The van der Waals surface area contributed by atoms with Crippen molar-refractivity contribution < 1.29 is 27.9 Å². The van der Waals surface area contributed by atoms with Gasteiger partial charge in [0, 0.05) is 5.75 Å². The number of rotatable bonds is 7. The van der Waals surface area contributed by atoms with E-state index in [-0.39, 0.29) is 5.75 Å². The average Bonchev–Trinajstić information content (AvgIpc) is 2.20. The number of nitrogens with one attached hydrogen (secondary N) is 1. The fourth-order valence-electron chi connectivity index (χ4n) is 0.737. The van der Waals surface area contributed by atoms with Crippen LogP contribution in [0.25, 0.3) is 0 Å². The Hall–Kier alpha value is -0.800. The molecule has 0 aromatic rings. The van der Waals surface area contributed by atoms with Crippen LogP contribution in [-0.2, 0) is 24.3 Å². The van der Waals surface area contributed by atoms with E-state index in [2.05, 4.69) is 17.4 Å². The highest BCUT2D eigenvalue weighted by atomic mass is 32.2. The summed E-state index contributed by atoms with van der Waals surface area (Å²) in [6.45, 7) is 1.03. The smallest absolute Gasteiger partial charge is 0.346 e. The number of carboxylic acid groups (broad SMARTS) is 1. The highest BCUT2D eigenvalue weighted by molar-refractivity contribution is 7.88. The summed E-state index contributed by atoms with van der Waals surface area (Å²) < 4.78 is 28.2. The Morgan fingerprint density at radius 1 is 1.47 bits per heavy atom. The van der Waals surface area contributed by atoms with Gasteiger partial charge in [0.15, 0.2) is 0 Å². The molecular weight excluding hydrogens is 270 g/mol. The van der Waals surface area contributed by atoms with Gasteiger partial charge in [0.2, 0.25) is 16.1 Å². The summed E-state index contributed by atoms with van der Waals surface area (Å²) in [6.07, 6.45) is -0.663. The van der Waals surface area contributed by atoms with Crippen molar-refractivity contribution in [2.24, 2.45) is 5.92 Å². The topological polar surface area (TPSA) is 110 Å². The normalized spacial score (nSPS) is 15.0. The van der Waals surface area contributed by atoms with Crippen LogP contribution < -0.4 is 4.72 Å². The van der Waals surface area contributed by atoms with Crippen molar-refractivity contribution in [2.75, 3.05) is 18.6 Å². The van der Waals surface area contributed by atoms with Crippen molar-refractivity contribution in [3.63, 3.8) is 0 Å². The molecule has 0 radical (unpaired) electrons. The van der Waals surface area contributed by atoms with E-state index in [9.17, 15) is 18.0 Å². The Balaban J connectivity index is 4.46. The van der Waals surface area contributed by atoms with Crippen molar-refractivity contribution in [2.45, 2.75) is 13.0 Å². The largest absolute Gasteiger partial charge is 0.478 e. The van der Waals surface area contributed by atoms with Crippen molar-refractivity contribution in [1.29, 1.82) is 0 Å². The third-order valence-electron chi connectivity index (χ3n) is 1.74. The van der Waals surface area contributed by atoms with E-state index in [4.69, 9.17) is 5.11 Å². The van der Waals surface area contributed by atoms with E-state index in [1.807, 2.05) is 4.72 Å². The summed E-state index contributed by atoms with van der Waals surface area (Å²) in [4.78, 5) is 22.0. The van der Waals surface area contributed by atoms with Gasteiger partial charge in [0.05, 0.1) is 18.7 Å². The van der Waals surface area contributed by atoms with Crippen molar-refractivity contribution in [1.82, 2.24) is 4.72 Å². The van der Waals surface area contributed by atoms with Crippen LogP contribution in [-0.4, -0.2) is 50.1 Å². The van der Waals surface area contributed by atoms with Crippen molar-refractivity contribution in [3.05, 3.63) is 0 Å². The number of thiol groups is 1. The zero-order valence-corrected chi connectivity index (χ0v) is 11.1. The highest BCUT2D eigenvalue weighted by Crippen LogP contribution is 2.04. The number of hydrogen-bond acceptors (Lipinski definition) is 6. The number of hydrogen-bond donors (Lipinski definition) is 3. The Morgan fingerprint density at radius 3 is 2.35 bits per heavy atom. The van der Waals surface area contributed by atoms with Gasteiger partial charge in [-0.1, -0.05) is 6.92 Å². The van der Waals surface area contributed by atoms with Crippen molar-refractivity contribution in [3.8, 4) is 0 Å². The molecule has 0 rings (SSSR count). The van der Waals surface area contributed by atoms with Gasteiger partial charge in [-0.25, -0.2) is 17.9 Å². The Labute approximate surface area is 105 Å². The Morgan fingerprint density at radius 2 is 2.00 bits per heavy atom. The van der Waals surface area contributed by atoms with Crippen LogP contribution in [0.15, 0.2) is 0 Å². The molecule has 0 aromatic carbocycles. The fourth-order valence-corrected chi connectivity index (χ4v) is 1.34. The number of carbonyl (C=O) groups is 2. The average molecular weight is 285 g/mol.